The number of hydrogen-bond acceptors (Lipinski definition) is 4. The smallest absolute Gasteiger partial charge is 0.306 e. The molecule has 138 valence electrons. The number of nitrogens with zero attached hydrogens (tertiary/aromatic N) is 1. The number of aromatic amines is 1. The van der Waals surface area contributed by atoms with E-state index in [1.165, 1.54) is 0 Å². The average Bonchev–Trinajstić information content (AvgIpc) is 2.99. The van der Waals surface area contributed by atoms with Gasteiger partial charge in [0.15, 0.2) is 0 Å². The van der Waals surface area contributed by atoms with E-state index in [-0.39, 0.29) is 6.42 Å². The van der Waals surface area contributed by atoms with Crippen LogP contribution in [-0.4, -0.2) is 29.3 Å². The first kappa shape index (κ1) is 18.3. The van der Waals surface area contributed by atoms with Crippen LogP contribution in [-0.2, 0) is 21.6 Å². The van der Waals surface area contributed by atoms with Crippen LogP contribution in [0.3, 0.4) is 0 Å². The Morgan fingerprint density at radius 3 is 2.88 bits per heavy atom. The standard InChI is InChI=1S/C20H24N2O4/c1-4-7-20(10-16(23)24)19-14(6-8-26-20)17-13(11-21)9-15(25-5-2)12(3)18(17)22-19/h9,22H,4-8,10H2,1-3H3,(H,23,24). The van der Waals surface area contributed by atoms with Crippen molar-refractivity contribution in [3.63, 3.8) is 0 Å². The topological polar surface area (TPSA) is 95.3 Å². The van der Waals surface area contributed by atoms with Crippen LogP contribution in [0.4, 0.5) is 0 Å². The molecule has 0 amide bonds. The fourth-order valence-corrected chi connectivity index (χ4v) is 4.08. The number of carboxylic acids is 1. The number of rotatable bonds is 6. The van der Waals surface area contributed by atoms with Gasteiger partial charge in [0.1, 0.15) is 11.4 Å². The molecule has 1 aromatic carbocycles. The van der Waals surface area contributed by atoms with Crippen LogP contribution in [0, 0.1) is 18.3 Å². The van der Waals surface area contributed by atoms with Gasteiger partial charge >= 0.3 is 5.97 Å². The molecular formula is C20H24N2O4. The fraction of sp³-hybridized carbons (Fsp3) is 0.500. The van der Waals surface area contributed by atoms with Crippen molar-refractivity contribution in [1.82, 2.24) is 4.98 Å². The van der Waals surface area contributed by atoms with Gasteiger partial charge in [0.2, 0.25) is 0 Å². The molecule has 1 aliphatic rings. The number of H-pyrrole nitrogens is 1. The molecule has 0 radical (unpaired) electrons. The summed E-state index contributed by atoms with van der Waals surface area (Å²) < 4.78 is 11.7. The van der Waals surface area contributed by atoms with Gasteiger partial charge in [-0.25, -0.2) is 0 Å². The number of nitrogens with one attached hydrogen (secondary N) is 1. The molecule has 3 rings (SSSR count). The number of fused-ring (bicyclic) bond motifs is 3. The van der Waals surface area contributed by atoms with Crippen molar-refractivity contribution in [2.75, 3.05) is 13.2 Å². The van der Waals surface area contributed by atoms with Crippen molar-refractivity contribution in [3.05, 3.63) is 28.5 Å². The van der Waals surface area contributed by atoms with E-state index >= 15 is 0 Å². The lowest BCUT2D eigenvalue weighted by Crippen LogP contribution is -2.37. The summed E-state index contributed by atoms with van der Waals surface area (Å²) in [6.07, 6.45) is 1.97. The monoisotopic (exact) mass is 356 g/mol. The summed E-state index contributed by atoms with van der Waals surface area (Å²) in [5.74, 6) is -0.215. The number of nitriles is 1. The summed E-state index contributed by atoms with van der Waals surface area (Å²) in [6.45, 7) is 6.84. The molecule has 1 atom stereocenters. The van der Waals surface area contributed by atoms with Crippen LogP contribution in [0.25, 0.3) is 10.9 Å². The number of benzene rings is 1. The Labute approximate surface area is 152 Å². The van der Waals surface area contributed by atoms with Gasteiger partial charge in [-0.05, 0) is 38.3 Å². The van der Waals surface area contributed by atoms with Crippen molar-refractivity contribution < 1.29 is 19.4 Å². The second-order valence-corrected chi connectivity index (χ2v) is 6.73. The van der Waals surface area contributed by atoms with Gasteiger partial charge in [-0.2, -0.15) is 5.26 Å². The molecule has 26 heavy (non-hydrogen) atoms. The highest BCUT2D eigenvalue weighted by Gasteiger charge is 2.42. The molecule has 2 aromatic rings. The highest BCUT2D eigenvalue weighted by molar-refractivity contribution is 5.94. The van der Waals surface area contributed by atoms with E-state index < -0.39 is 11.6 Å². The zero-order chi connectivity index (χ0) is 18.9. The predicted octanol–water partition coefficient (Wildman–Crippen LogP) is 3.79. The Hall–Kier alpha value is -2.52. The molecule has 6 nitrogen and oxygen atoms in total. The predicted molar refractivity (Wildman–Crippen MR) is 97.4 cm³/mol. The first-order valence-electron chi connectivity index (χ1n) is 9.04. The fourth-order valence-electron chi connectivity index (χ4n) is 4.08. The van der Waals surface area contributed by atoms with Gasteiger partial charge in [0, 0.05) is 10.9 Å². The summed E-state index contributed by atoms with van der Waals surface area (Å²) >= 11 is 0. The molecule has 1 unspecified atom stereocenters. The number of aliphatic carboxylic acids is 1. The summed E-state index contributed by atoms with van der Waals surface area (Å²) in [5, 5.41) is 20.0. The number of carbonyl (C=O) groups is 1. The van der Waals surface area contributed by atoms with Crippen molar-refractivity contribution in [2.45, 2.75) is 52.1 Å². The van der Waals surface area contributed by atoms with Crippen LogP contribution in [0.5, 0.6) is 5.75 Å². The van der Waals surface area contributed by atoms with Crippen LogP contribution < -0.4 is 4.74 Å². The lowest BCUT2D eigenvalue weighted by molar-refractivity contribution is -0.149. The highest BCUT2D eigenvalue weighted by atomic mass is 16.5. The molecule has 0 aliphatic carbocycles. The van der Waals surface area contributed by atoms with E-state index in [1.807, 2.05) is 20.8 Å². The SMILES string of the molecule is CCCC1(CC(=O)O)OCCc2c1[nH]c1c(C)c(OCC)cc(C#N)c21. The lowest BCUT2D eigenvalue weighted by Gasteiger charge is -2.36. The minimum absolute atomic E-state index is 0.0973. The van der Waals surface area contributed by atoms with E-state index in [1.54, 1.807) is 6.07 Å². The molecule has 0 spiro atoms. The molecule has 0 saturated heterocycles. The Morgan fingerprint density at radius 2 is 2.27 bits per heavy atom. The summed E-state index contributed by atoms with van der Waals surface area (Å²) in [6, 6.07) is 4.06. The van der Waals surface area contributed by atoms with Gasteiger partial charge in [-0.15, -0.1) is 0 Å². The Bertz CT molecular complexity index is 894. The van der Waals surface area contributed by atoms with Gasteiger partial charge in [-0.3, -0.25) is 4.79 Å². The maximum Gasteiger partial charge on any atom is 0.306 e. The van der Waals surface area contributed by atoms with Gasteiger partial charge < -0.3 is 19.6 Å². The van der Waals surface area contributed by atoms with Crippen LogP contribution >= 0.6 is 0 Å². The van der Waals surface area contributed by atoms with Crippen LogP contribution in [0.15, 0.2) is 6.07 Å². The number of ether oxygens (including phenoxy) is 2. The Kier molecular flexibility index (Phi) is 4.92. The molecular weight excluding hydrogens is 332 g/mol. The summed E-state index contributed by atoms with van der Waals surface area (Å²) in [4.78, 5) is 15.0. The zero-order valence-electron chi connectivity index (χ0n) is 15.4. The molecule has 0 saturated carbocycles. The maximum atomic E-state index is 11.5. The van der Waals surface area contributed by atoms with Gasteiger partial charge in [-0.1, -0.05) is 13.3 Å². The Balaban J connectivity index is 2.31. The minimum atomic E-state index is -0.891. The van der Waals surface area contributed by atoms with Crippen molar-refractivity contribution >= 4 is 16.9 Å². The highest BCUT2D eigenvalue weighted by Crippen LogP contribution is 2.44. The van der Waals surface area contributed by atoms with E-state index in [0.29, 0.717) is 37.4 Å². The number of aryl methyl sites for hydroxylation is 1. The van der Waals surface area contributed by atoms with Crippen molar-refractivity contribution in [3.8, 4) is 11.8 Å². The van der Waals surface area contributed by atoms with E-state index in [2.05, 4.69) is 11.1 Å². The maximum absolute atomic E-state index is 11.5. The third kappa shape index (κ3) is 2.82. The second-order valence-electron chi connectivity index (χ2n) is 6.73. The van der Waals surface area contributed by atoms with Gasteiger partial charge in [0.25, 0.3) is 0 Å². The summed E-state index contributed by atoms with van der Waals surface area (Å²) in [5.41, 5.74) is 3.25. The zero-order valence-corrected chi connectivity index (χ0v) is 15.4. The molecule has 1 aromatic heterocycles. The minimum Gasteiger partial charge on any atom is -0.493 e. The average molecular weight is 356 g/mol. The third-order valence-electron chi connectivity index (χ3n) is 5.09. The van der Waals surface area contributed by atoms with Crippen LogP contribution in [0.1, 0.15) is 55.5 Å². The van der Waals surface area contributed by atoms with Gasteiger partial charge in [0.05, 0.1) is 42.5 Å². The van der Waals surface area contributed by atoms with E-state index in [4.69, 9.17) is 9.47 Å². The molecule has 0 fully saturated rings. The van der Waals surface area contributed by atoms with Crippen molar-refractivity contribution in [2.24, 2.45) is 0 Å². The normalized spacial score (nSPS) is 19.2. The van der Waals surface area contributed by atoms with Crippen molar-refractivity contribution in [1.29, 1.82) is 5.26 Å². The molecule has 0 bridgehead atoms. The Morgan fingerprint density at radius 1 is 1.50 bits per heavy atom. The lowest BCUT2D eigenvalue weighted by atomic mass is 9.84. The third-order valence-corrected chi connectivity index (χ3v) is 5.09. The number of hydrogen-bond donors (Lipinski definition) is 2. The summed E-state index contributed by atoms with van der Waals surface area (Å²) in [7, 11) is 0. The van der Waals surface area contributed by atoms with E-state index in [0.717, 1.165) is 34.1 Å². The first-order valence-corrected chi connectivity index (χ1v) is 9.04. The first-order chi connectivity index (χ1) is 12.5. The number of carboxylic acid groups (broad SMARTS) is 1. The second kappa shape index (κ2) is 7.00. The number of aromatic nitrogens is 1. The molecule has 6 heteroatoms. The largest absolute Gasteiger partial charge is 0.493 e. The quantitative estimate of drug-likeness (QED) is 0.821. The molecule has 2 heterocycles. The van der Waals surface area contributed by atoms with Crippen LogP contribution in [0.2, 0.25) is 0 Å². The van der Waals surface area contributed by atoms with E-state index in [9.17, 15) is 15.2 Å². The molecule has 2 N–H and O–H groups in total. The molecule has 1 aliphatic heterocycles.